The molecule has 0 aromatic heterocycles. The van der Waals surface area contributed by atoms with Crippen LogP contribution in [0.25, 0.3) is 0 Å². The molecule has 0 N–H and O–H groups in total. The lowest BCUT2D eigenvalue weighted by atomic mass is 9.96. The van der Waals surface area contributed by atoms with E-state index in [-0.39, 0.29) is 11.6 Å². The number of Topliss-reactive ketones (excluding diaryl/α,β-unsaturated/α-hetero) is 1. The Morgan fingerprint density at radius 2 is 1.34 bits per heavy atom. The molecule has 0 bridgehead atoms. The van der Waals surface area contributed by atoms with Gasteiger partial charge in [0.05, 0.1) is 0 Å². The van der Waals surface area contributed by atoms with Crippen molar-refractivity contribution in [1.29, 1.82) is 0 Å². The number of carbonyl (C=O) groups is 3. The zero-order valence-electron chi connectivity index (χ0n) is 19.6. The summed E-state index contributed by atoms with van der Waals surface area (Å²) >= 11 is 1.55. The monoisotopic (exact) mass is 485 g/mol. The third-order valence-electron chi connectivity index (χ3n) is 6.01. The fourth-order valence-corrected chi connectivity index (χ4v) is 5.00. The van der Waals surface area contributed by atoms with Crippen LogP contribution in [0.3, 0.4) is 0 Å². The Hall–Kier alpha value is -3.51. The Labute approximate surface area is 209 Å². The van der Waals surface area contributed by atoms with Gasteiger partial charge >= 0.3 is 5.97 Å². The van der Waals surface area contributed by atoms with Crippen LogP contribution in [0.1, 0.15) is 65.3 Å². The van der Waals surface area contributed by atoms with E-state index in [9.17, 15) is 14.4 Å². The highest BCUT2D eigenvalue weighted by molar-refractivity contribution is 7.99. The smallest absolute Gasteiger partial charge is 0.318 e. The lowest BCUT2D eigenvalue weighted by Gasteiger charge is -2.11. The zero-order valence-corrected chi connectivity index (χ0v) is 20.4. The molecule has 0 saturated heterocycles. The number of ketones is 2. The average Bonchev–Trinajstić information content (AvgIpc) is 3.40. The molecular formula is C29H27NO4S. The second-order valence-corrected chi connectivity index (χ2v) is 9.80. The third-order valence-corrected chi connectivity index (χ3v) is 7.02. The molecule has 0 atom stereocenters. The minimum absolute atomic E-state index is 0.00570. The maximum absolute atomic E-state index is 13.1. The molecule has 35 heavy (non-hydrogen) atoms. The molecule has 0 amide bonds. The van der Waals surface area contributed by atoms with Gasteiger partial charge in [-0.1, -0.05) is 72.9 Å². The topological polar surface area (TPSA) is 72.8 Å². The predicted octanol–water partition coefficient (Wildman–Crippen LogP) is 6.75. The van der Waals surface area contributed by atoms with E-state index < -0.39 is 5.97 Å². The molecule has 3 aromatic carbocycles. The normalized spacial score (nSPS) is 14.0. The lowest BCUT2D eigenvalue weighted by Crippen LogP contribution is -2.18. The van der Waals surface area contributed by atoms with Gasteiger partial charge in [-0.05, 0) is 60.9 Å². The van der Waals surface area contributed by atoms with Gasteiger partial charge in [0.2, 0.25) is 5.78 Å². The Balaban J connectivity index is 1.42. The quantitative estimate of drug-likeness (QED) is 0.145. The molecule has 0 radical (unpaired) electrons. The van der Waals surface area contributed by atoms with Crippen molar-refractivity contribution in [1.82, 2.24) is 0 Å². The highest BCUT2D eigenvalue weighted by Crippen LogP contribution is 2.30. The zero-order chi connectivity index (χ0) is 24.6. The molecule has 4 rings (SSSR count). The average molecular weight is 486 g/mol. The first kappa shape index (κ1) is 24.6. The molecule has 3 aromatic rings. The van der Waals surface area contributed by atoms with Gasteiger partial charge in [0.1, 0.15) is 5.71 Å². The van der Waals surface area contributed by atoms with Crippen LogP contribution in [-0.2, 0) is 9.63 Å². The SMILES string of the molecule is CC(=O)O/N=C(\CC1CCCC1)C(=O)c1ccc(Sc2ccc(C(=O)c3ccccc3)cc2)cc1. The highest BCUT2D eigenvalue weighted by Gasteiger charge is 2.23. The van der Waals surface area contributed by atoms with Crippen LogP contribution in [0.2, 0.25) is 0 Å². The van der Waals surface area contributed by atoms with E-state index in [4.69, 9.17) is 4.84 Å². The van der Waals surface area contributed by atoms with E-state index in [1.165, 1.54) is 6.92 Å². The molecule has 1 fully saturated rings. The molecule has 1 aliphatic rings. The first-order chi connectivity index (χ1) is 17.0. The van der Waals surface area contributed by atoms with Gasteiger partial charge in [0.25, 0.3) is 0 Å². The molecule has 0 spiro atoms. The molecule has 0 heterocycles. The number of carbonyl (C=O) groups excluding carboxylic acids is 3. The van der Waals surface area contributed by atoms with E-state index in [0.717, 1.165) is 35.5 Å². The molecular weight excluding hydrogens is 458 g/mol. The summed E-state index contributed by atoms with van der Waals surface area (Å²) in [6, 6.07) is 24.0. The molecule has 178 valence electrons. The van der Waals surface area contributed by atoms with Crippen molar-refractivity contribution in [2.24, 2.45) is 11.1 Å². The fourth-order valence-electron chi connectivity index (χ4n) is 4.19. The Morgan fingerprint density at radius 3 is 1.91 bits per heavy atom. The van der Waals surface area contributed by atoms with Crippen molar-refractivity contribution in [3.05, 3.63) is 95.6 Å². The van der Waals surface area contributed by atoms with E-state index in [0.29, 0.717) is 34.7 Å². The van der Waals surface area contributed by atoms with Gasteiger partial charge < -0.3 is 4.84 Å². The van der Waals surface area contributed by atoms with Crippen molar-refractivity contribution < 1.29 is 19.2 Å². The van der Waals surface area contributed by atoms with Crippen LogP contribution in [-0.4, -0.2) is 23.2 Å². The van der Waals surface area contributed by atoms with E-state index >= 15 is 0 Å². The third kappa shape index (κ3) is 6.76. The summed E-state index contributed by atoms with van der Waals surface area (Å²) in [6.45, 7) is 1.28. The fraction of sp³-hybridized carbons (Fsp3) is 0.241. The Morgan fingerprint density at radius 1 is 0.800 bits per heavy atom. The van der Waals surface area contributed by atoms with Gasteiger partial charge in [-0.15, -0.1) is 0 Å². The van der Waals surface area contributed by atoms with E-state index in [1.54, 1.807) is 23.9 Å². The minimum Gasteiger partial charge on any atom is -0.318 e. The number of hydrogen-bond donors (Lipinski definition) is 0. The van der Waals surface area contributed by atoms with Crippen molar-refractivity contribution in [2.75, 3.05) is 0 Å². The first-order valence-electron chi connectivity index (χ1n) is 11.8. The van der Waals surface area contributed by atoms with Crippen LogP contribution < -0.4 is 0 Å². The van der Waals surface area contributed by atoms with Crippen molar-refractivity contribution >= 4 is 35.0 Å². The highest BCUT2D eigenvalue weighted by atomic mass is 32.2. The summed E-state index contributed by atoms with van der Waals surface area (Å²) in [5.41, 5.74) is 2.12. The summed E-state index contributed by atoms with van der Waals surface area (Å²) in [4.78, 5) is 43.7. The van der Waals surface area contributed by atoms with Crippen molar-refractivity contribution in [2.45, 2.75) is 48.8 Å². The second-order valence-electron chi connectivity index (χ2n) is 8.65. The second kappa shape index (κ2) is 11.8. The molecule has 0 aliphatic heterocycles. The number of rotatable bonds is 9. The van der Waals surface area contributed by atoms with E-state index in [1.807, 2.05) is 66.7 Å². The van der Waals surface area contributed by atoms with Gasteiger partial charge in [0, 0.05) is 33.4 Å². The predicted molar refractivity (Wildman–Crippen MR) is 137 cm³/mol. The maximum atomic E-state index is 13.1. The van der Waals surface area contributed by atoms with Gasteiger partial charge in [0.15, 0.2) is 5.78 Å². The lowest BCUT2D eigenvalue weighted by molar-refractivity contribution is -0.140. The van der Waals surface area contributed by atoms with Gasteiger partial charge in [-0.2, -0.15) is 0 Å². The molecule has 5 nitrogen and oxygen atoms in total. The Kier molecular flexibility index (Phi) is 8.27. The molecule has 1 saturated carbocycles. The molecule has 1 aliphatic carbocycles. The first-order valence-corrected chi connectivity index (χ1v) is 12.6. The number of nitrogens with zero attached hydrogens (tertiary/aromatic N) is 1. The molecule has 0 unspecified atom stereocenters. The summed E-state index contributed by atoms with van der Waals surface area (Å²) < 4.78 is 0. The van der Waals surface area contributed by atoms with Crippen LogP contribution in [0.15, 0.2) is 93.8 Å². The van der Waals surface area contributed by atoms with Crippen molar-refractivity contribution in [3.8, 4) is 0 Å². The van der Waals surface area contributed by atoms with Crippen LogP contribution in [0, 0.1) is 5.92 Å². The van der Waals surface area contributed by atoms with E-state index in [2.05, 4.69) is 5.16 Å². The largest absolute Gasteiger partial charge is 0.331 e. The summed E-state index contributed by atoms with van der Waals surface area (Å²) in [5.74, 6) is -0.350. The van der Waals surface area contributed by atoms with Crippen molar-refractivity contribution in [3.63, 3.8) is 0 Å². The number of oxime groups is 1. The number of hydrogen-bond acceptors (Lipinski definition) is 6. The summed E-state index contributed by atoms with van der Waals surface area (Å²) in [5, 5.41) is 3.88. The van der Waals surface area contributed by atoms with Gasteiger partial charge in [-0.3, -0.25) is 9.59 Å². The summed E-state index contributed by atoms with van der Waals surface area (Å²) in [6.07, 6.45) is 4.98. The van der Waals surface area contributed by atoms with Crippen LogP contribution in [0.4, 0.5) is 0 Å². The van der Waals surface area contributed by atoms with Gasteiger partial charge in [-0.25, -0.2) is 4.79 Å². The number of benzene rings is 3. The molecule has 6 heteroatoms. The van der Waals surface area contributed by atoms with Crippen LogP contribution >= 0.6 is 11.8 Å². The maximum Gasteiger partial charge on any atom is 0.331 e. The minimum atomic E-state index is -0.537. The Bertz CT molecular complexity index is 1210. The summed E-state index contributed by atoms with van der Waals surface area (Å²) in [7, 11) is 0. The standard InChI is InChI=1S/C29H27NO4S/c1-20(31)34-30-27(19-21-7-5-6-8-21)29(33)24-13-17-26(18-14-24)35-25-15-11-23(12-16-25)28(32)22-9-3-2-4-10-22/h2-4,9-18,21H,5-8,19H2,1H3/b30-27+. The van der Waals surface area contributed by atoms with Crippen LogP contribution in [0.5, 0.6) is 0 Å².